The number of anilines is 1. The van der Waals surface area contributed by atoms with Crippen molar-refractivity contribution < 1.29 is 9.18 Å². The van der Waals surface area contributed by atoms with Gasteiger partial charge in [0.05, 0.1) is 33.7 Å². The Kier molecular flexibility index (Phi) is 5.93. The second-order valence-electron chi connectivity index (χ2n) is 10.0. The number of H-pyrrole nitrogens is 2. The van der Waals surface area contributed by atoms with Crippen LogP contribution in [0.4, 0.5) is 10.1 Å². The van der Waals surface area contributed by atoms with Gasteiger partial charge in [0, 0.05) is 40.2 Å². The third kappa shape index (κ3) is 4.48. The Morgan fingerprint density at radius 1 is 0.923 bits per heavy atom. The maximum absolute atomic E-state index is 13.7. The van der Waals surface area contributed by atoms with E-state index in [2.05, 4.69) is 36.5 Å². The first-order valence-corrected chi connectivity index (χ1v) is 13.9. The molecule has 0 unspecified atom stereocenters. The van der Waals surface area contributed by atoms with E-state index >= 15 is 0 Å². The van der Waals surface area contributed by atoms with Crippen LogP contribution in [0.5, 0.6) is 0 Å². The van der Waals surface area contributed by atoms with Crippen molar-refractivity contribution in [2.24, 2.45) is 5.92 Å². The van der Waals surface area contributed by atoms with Gasteiger partial charge in [-0.3, -0.25) is 19.9 Å². The van der Waals surface area contributed by atoms with Gasteiger partial charge >= 0.3 is 0 Å². The average Bonchev–Trinajstić information content (AvgIpc) is 3.71. The SMILES string of the molecule is O=C(Nc1cncc(-c2ccc3[nH]nc(-c4cc5c(-c6ccc(F)s6)nccc5[nH]4)c3c2)c1)C1CCCCC1. The highest BCUT2D eigenvalue weighted by molar-refractivity contribution is 7.13. The maximum Gasteiger partial charge on any atom is 0.227 e. The molecule has 5 aromatic heterocycles. The lowest BCUT2D eigenvalue weighted by atomic mass is 9.88. The molecule has 1 amide bonds. The van der Waals surface area contributed by atoms with Crippen LogP contribution in [0.2, 0.25) is 0 Å². The molecule has 1 aromatic carbocycles. The highest BCUT2D eigenvalue weighted by Gasteiger charge is 2.21. The topological polar surface area (TPSA) is 99.3 Å². The lowest BCUT2D eigenvalue weighted by molar-refractivity contribution is -0.120. The first kappa shape index (κ1) is 23.7. The standard InChI is InChI=1S/C30H25FN6OS/c31-27-9-8-26(39-27)29-22-14-25(35-23(22)10-11-33-29)28-21-13-18(6-7-24(21)36-37-28)19-12-20(16-32-15-19)34-30(38)17-4-2-1-3-5-17/h6-17,35H,1-5H2,(H,34,38)(H,36,37). The van der Waals surface area contributed by atoms with E-state index in [1.165, 1.54) is 12.5 Å². The number of benzene rings is 1. The van der Waals surface area contributed by atoms with Gasteiger partial charge in [-0.2, -0.15) is 9.49 Å². The summed E-state index contributed by atoms with van der Waals surface area (Å²) >= 11 is 1.08. The highest BCUT2D eigenvalue weighted by Crippen LogP contribution is 2.36. The van der Waals surface area contributed by atoms with Gasteiger partial charge in [0.1, 0.15) is 5.69 Å². The fourth-order valence-electron chi connectivity index (χ4n) is 5.49. The predicted molar refractivity (Wildman–Crippen MR) is 153 cm³/mol. The summed E-state index contributed by atoms with van der Waals surface area (Å²) in [6.07, 6.45) is 10.6. The van der Waals surface area contributed by atoms with Crippen LogP contribution in [0.15, 0.2) is 67.1 Å². The van der Waals surface area contributed by atoms with Crippen molar-refractivity contribution in [3.05, 3.63) is 72.3 Å². The quantitative estimate of drug-likeness (QED) is 0.212. The van der Waals surface area contributed by atoms with Crippen LogP contribution >= 0.6 is 11.3 Å². The number of aromatic amines is 2. The van der Waals surface area contributed by atoms with Crippen molar-refractivity contribution in [2.75, 3.05) is 5.32 Å². The van der Waals surface area contributed by atoms with Gasteiger partial charge in [0.15, 0.2) is 5.13 Å². The van der Waals surface area contributed by atoms with Crippen LogP contribution in [0.3, 0.4) is 0 Å². The van der Waals surface area contributed by atoms with E-state index < -0.39 is 0 Å². The van der Waals surface area contributed by atoms with Gasteiger partial charge in [0.25, 0.3) is 0 Å². The van der Waals surface area contributed by atoms with Crippen LogP contribution < -0.4 is 5.32 Å². The van der Waals surface area contributed by atoms with E-state index in [4.69, 9.17) is 0 Å². The van der Waals surface area contributed by atoms with Gasteiger partial charge in [-0.05, 0) is 60.9 Å². The summed E-state index contributed by atoms with van der Waals surface area (Å²) in [7, 11) is 0. The molecule has 0 aliphatic heterocycles. The van der Waals surface area contributed by atoms with Gasteiger partial charge in [-0.25, -0.2) is 0 Å². The normalized spacial score (nSPS) is 14.3. The Balaban J connectivity index is 1.22. The molecule has 0 radical (unpaired) electrons. The summed E-state index contributed by atoms with van der Waals surface area (Å²) in [6, 6.07) is 15.2. The van der Waals surface area contributed by atoms with Gasteiger partial charge in [0.2, 0.25) is 5.91 Å². The minimum absolute atomic E-state index is 0.0816. The lowest BCUT2D eigenvalue weighted by Gasteiger charge is -2.20. The molecule has 7 nitrogen and oxygen atoms in total. The van der Waals surface area contributed by atoms with Crippen LogP contribution in [0.1, 0.15) is 32.1 Å². The number of halogens is 1. The fourth-order valence-corrected chi connectivity index (χ4v) is 6.24. The maximum atomic E-state index is 13.7. The number of fused-ring (bicyclic) bond motifs is 2. The molecule has 0 spiro atoms. The number of thiophene rings is 1. The van der Waals surface area contributed by atoms with Crippen molar-refractivity contribution in [1.82, 2.24) is 25.1 Å². The van der Waals surface area contributed by atoms with Crippen LogP contribution in [0.25, 0.3) is 54.9 Å². The number of nitrogens with one attached hydrogen (secondary N) is 3. The molecule has 1 aliphatic rings. The number of aromatic nitrogens is 5. The molecule has 5 heterocycles. The Bertz CT molecular complexity index is 1830. The number of rotatable bonds is 5. The molecule has 39 heavy (non-hydrogen) atoms. The third-order valence-electron chi connectivity index (χ3n) is 7.49. The molecule has 6 aromatic rings. The zero-order valence-electron chi connectivity index (χ0n) is 21.0. The number of pyridine rings is 2. The van der Waals surface area contributed by atoms with Crippen LogP contribution in [-0.2, 0) is 4.79 Å². The first-order valence-electron chi connectivity index (χ1n) is 13.1. The molecule has 7 rings (SSSR count). The molecule has 3 N–H and O–H groups in total. The average molecular weight is 537 g/mol. The number of nitrogens with zero attached hydrogens (tertiary/aromatic N) is 3. The molecule has 0 atom stereocenters. The summed E-state index contributed by atoms with van der Waals surface area (Å²) in [5.74, 6) is 0.164. The largest absolute Gasteiger partial charge is 0.353 e. The Hall–Kier alpha value is -4.37. The minimum atomic E-state index is -0.238. The monoisotopic (exact) mass is 536 g/mol. The second-order valence-corrected chi connectivity index (χ2v) is 11.1. The zero-order chi connectivity index (χ0) is 26.3. The number of hydrogen-bond acceptors (Lipinski definition) is 5. The van der Waals surface area contributed by atoms with Crippen molar-refractivity contribution >= 4 is 44.7 Å². The highest BCUT2D eigenvalue weighted by atomic mass is 32.1. The molecule has 0 bridgehead atoms. The Morgan fingerprint density at radius 2 is 1.79 bits per heavy atom. The minimum Gasteiger partial charge on any atom is -0.353 e. The summed E-state index contributed by atoms with van der Waals surface area (Å²) in [4.78, 5) is 25.9. The Labute approximate surface area is 227 Å². The van der Waals surface area contributed by atoms with Crippen LogP contribution in [-0.4, -0.2) is 31.1 Å². The number of carbonyl (C=O) groups excluding carboxylic acids is 1. The lowest BCUT2D eigenvalue weighted by Crippen LogP contribution is -2.24. The second kappa shape index (κ2) is 9.74. The van der Waals surface area contributed by atoms with Gasteiger partial charge in [-0.1, -0.05) is 25.3 Å². The van der Waals surface area contributed by atoms with E-state index in [1.54, 1.807) is 24.7 Å². The van der Waals surface area contributed by atoms with Crippen molar-refractivity contribution in [1.29, 1.82) is 0 Å². The smallest absolute Gasteiger partial charge is 0.227 e. The van der Waals surface area contributed by atoms with Crippen molar-refractivity contribution in [3.8, 4) is 33.1 Å². The van der Waals surface area contributed by atoms with Gasteiger partial charge < -0.3 is 10.3 Å². The molecule has 0 saturated heterocycles. The number of hydrogen-bond donors (Lipinski definition) is 3. The van der Waals surface area contributed by atoms with E-state index in [1.807, 2.05) is 30.3 Å². The molecule has 194 valence electrons. The number of amides is 1. The Morgan fingerprint density at radius 3 is 2.64 bits per heavy atom. The first-order chi connectivity index (χ1) is 19.1. The predicted octanol–water partition coefficient (Wildman–Crippen LogP) is 7.55. The van der Waals surface area contributed by atoms with E-state index in [0.29, 0.717) is 5.69 Å². The number of carbonyl (C=O) groups is 1. The zero-order valence-corrected chi connectivity index (χ0v) is 21.8. The summed E-state index contributed by atoms with van der Waals surface area (Å²) in [5.41, 5.74) is 6.75. The molecule has 9 heteroatoms. The van der Waals surface area contributed by atoms with E-state index in [9.17, 15) is 9.18 Å². The molecule has 1 aliphatic carbocycles. The molecular weight excluding hydrogens is 511 g/mol. The summed E-state index contributed by atoms with van der Waals surface area (Å²) in [5, 5.41) is 12.4. The van der Waals surface area contributed by atoms with E-state index in [0.717, 1.165) is 91.9 Å². The summed E-state index contributed by atoms with van der Waals surface area (Å²) < 4.78 is 13.7. The fraction of sp³-hybridized carbons (Fsp3) is 0.200. The van der Waals surface area contributed by atoms with Gasteiger partial charge in [-0.15, -0.1) is 11.3 Å². The third-order valence-corrected chi connectivity index (χ3v) is 8.37. The summed E-state index contributed by atoms with van der Waals surface area (Å²) in [6.45, 7) is 0. The molecular formula is C30H25FN6OS. The van der Waals surface area contributed by atoms with E-state index in [-0.39, 0.29) is 17.0 Å². The van der Waals surface area contributed by atoms with Crippen LogP contribution in [0, 0.1) is 11.0 Å². The van der Waals surface area contributed by atoms with Crippen molar-refractivity contribution in [2.45, 2.75) is 32.1 Å². The van der Waals surface area contributed by atoms with Crippen molar-refractivity contribution in [3.63, 3.8) is 0 Å². The molecule has 1 saturated carbocycles. The molecule has 1 fully saturated rings.